The fourth-order valence-electron chi connectivity index (χ4n) is 0.888. The van der Waals surface area contributed by atoms with E-state index in [1.54, 1.807) is 0 Å². The molecule has 0 aliphatic heterocycles. The third-order valence-electron chi connectivity index (χ3n) is 1.74. The Bertz CT molecular complexity index is 155. The predicted octanol–water partition coefficient (Wildman–Crippen LogP) is 3.30. The van der Waals surface area contributed by atoms with Gasteiger partial charge in [-0.15, -0.1) is 6.58 Å². The number of unbranched alkanes of at least 4 members (excludes halogenated alkanes) is 3. The Balaban J connectivity index is 3.14. The van der Waals surface area contributed by atoms with Gasteiger partial charge in [-0.05, 0) is 25.7 Å². The summed E-state index contributed by atoms with van der Waals surface area (Å²) in [6.07, 6.45) is 6.07. The molecule has 0 radical (unpaired) electrons. The molecule has 0 amide bonds. The Morgan fingerprint density at radius 3 is 2.43 bits per heavy atom. The molecule has 0 aromatic heterocycles. The second kappa shape index (κ2) is 10.1. The zero-order chi connectivity index (χ0) is 10.6. The van der Waals surface area contributed by atoms with Crippen LogP contribution in [0.2, 0.25) is 0 Å². The normalized spacial score (nSPS) is 9.50. The first kappa shape index (κ1) is 13.0. The topological polar surface area (TPSA) is 35.5 Å². The van der Waals surface area contributed by atoms with E-state index in [0.717, 1.165) is 32.1 Å². The van der Waals surface area contributed by atoms with Crippen molar-refractivity contribution in [1.29, 1.82) is 0 Å². The van der Waals surface area contributed by atoms with E-state index in [1.165, 1.54) is 0 Å². The first-order valence-corrected chi connectivity index (χ1v) is 5.21. The average Bonchev–Trinajstić information content (AvgIpc) is 2.18. The molecule has 0 unspecified atom stereocenters. The Morgan fingerprint density at radius 2 is 1.86 bits per heavy atom. The highest BCUT2D eigenvalue weighted by Gasteiger charge is 2.01. The standard InChI is InChI=1S/C11H20O3/c1-3-5-7-8-10-14-11(12)13-9-6-4-2/h3H,1,4-10H2,2H3. The van der Waals surface area contributed by atoms with Crippen LogP contribution in [-0.2, 0) is 9.47 Å². The molecule has 3 heteroatoms. The number of allylic oxidation sites excluding steroid dienone is 1. The molecule has 0 heterocycles. The molecule has 0 aromatic rings. The van der Waals surface area contributed by atoms with E-state index in [4.69, 9.17) is 9.47 Å². The van der Waals surface area contributed by atoms with Crippen LogP contribution >= 0.6 is 0 Å². The van der Waals surface area contributed by atoms with E-state index >= 15 is 0 Å². The summed E-state index contributed by atoms with van der Waals surface area (Å²) in [7, 11) is 0. The van der Waals surface area contributed by atoms with Crippen molar-refractivity contribution in [2.45, 2.75) is 39.0 Å². The van der Waals surface area contributed by atoms with Crippen LogP contribution < -0.4 is 0 Å². The maximum absolute atomic E-state index is 10.9. The molecule has 14 heavy (non-hydrogen) atoms. The second-order valence-electron chi connectivity index (χ2n) is 3.08. The second-order valence-corrected chi connectivity index (χ2v) is 3.08. The largest absolute Gasteiger partial charge is 0.508 e. The van der Waals surface area contributed by atoms with Gasteiger partial charge in [0, 0.05) is 0 Å². The molecule has 0 atom stereocenters. The molecule has 0 saturated heterocycles. The predicted molar refractivity (Wildman–Crippen MR) is 56.3 cm³/mol. The molecule has 0 N–H and O–H groups in total. The Morgan fingerprint density at radius 1 is 1.21 bits per heavy atom. The number of hydrogen-bond acceptors (Lipinski definition) is 3. The molecule has 0 aliphatic carbocycles. The maximum atomic E-state index is 10.9. The summed E-state index contributed by atoms with van der Waals surface area (Å²) in [6, 6.07) is 0. The third kappa shape index (κ3) is 9.10. The summed E-state index contributed by atoms with van der Waals surface area (Å²) >= 11 is 0. The lowest BCUT2D eigenvalue weighted by Crippen LogP contribution is -2.09. The van der Waals surface area contributed by atoms with Crippen molar-refractivity contribution < 1.29 is 14.3 Å². The number of rotatable bonds is 8. The molecule has 3 nitrogen and oxygen atoms in total. The molecule has 0 fully saturated rings. The SMILES string of the molecule is C=CCCCCOC(=O)OCCCC. The van der Waals surface area contributed by atoms with Crippen LogP contribution in [0.25, 0.3) is 0 Å². The molecule has 0 saturated carbocycles. The monoisotopic (exact) mass is 200 g/mol. The summed E-state index contributed by atoms with van der Waals surface area (Å²) < 4.78 is 9.65. The van der Waals surface area contributed by atoms with Gasteiger partial charge in [-0.3, -0.25) is 0 Å². The molecule has 82 valence electrons. The zero-order valence-electron chi connectivity index (χ0n) is 8.96. The minimum atomic E-state index is -0.544. The van der Waals surface area contributed by atoms with Crippen LogP contribution in [0.4, 0.5) is 4.79 Å². The molecule has 0 rings (SSSR count). The third-order valence-corrected chi connectivity index (χ3v) is 1.74. The average molecular weight is 200 g/mol. The van der Waals surface area contributed by atoms with Gasteiger partial charge in [-0.25, -0.2) is 4.79 Å². The van der Waals surface area contributed by atoms with Gasteiger partial charge in [-0.1, -0.05) is 19.4 Å². The van der Waals surface area contributed by atoms with E-state index in [1.807, 2.05) is 13.0 Å². The van der Waals surface area contributed by atoms with Gasteiger partial charge in [-0.2, -0.15) is 0 Å². The van der Waals surface area contributed by atoms with E-state index in [9.17, 15) is 4.79 Å². The number of ether oxygens (including phenoxy) is 2. The maximum Gasteiger partial charge on any atom is 0.508 e. The Hall–Kier alpha value is -0.990. The van der Waals surface area contributed by atoms with Gasteiger partial charge < -0.3 is 9.47 Å². The Labute approximate surface area is 86.1 Å². The van der Waals surface area contributed by atoms with Gasteiger partial charge in [0.2, 0.25) is 0 Å². The first-order valence-electron chi connectivity index (χ1n) is 5.21. The van der Waals surface area contributed by atoms with Gasteiger partial charge >= 0.3 is 6.16 Å². The van der Waals surface area contributed by atoms with Crippen molar-refractivity contribution in [3.63, 3.8) is 0 Å². The van der Waals surface area contributed by atoms with Crippen LogP contribution in [0.1, 0.15) is 39.0 Å². The lowest BCUT2D eigenvalue weighted by molar-refractivity contribution is 0.0534. The number of carbonyl (C=O) groups is 1. The fourth-order valence-corrected chi connectivity index (χ4v) is 0.888. The zero-order valence-corrected chi connectivity index (χ0v) is 8.96. The summed E-state index contributed by atoms with van der Waals surface area (Å²) in [5.41, 5.74) is 0. The fraction of sp³-hybridized carbons (Fsp3) is 0.727. The van der Waals surface area contributed by atoms with Gasteiger partial charge in [0.1, 0.15) is 0 Å². The van der Waals surface area contributed by atoms with Gasteiger partial charge in [0.15, 0.2) is 0 Å². The highest BCUT2D eigenvalue weighted by Crippen LogP contribution is 1.98. The van der Waals surface area contributed by atoms with Crippen molar-refractivity contribution in [3.05, 3.63) is 12.7 Å². The van der Waals surface area contributed by atoms with Crippen molar-refractivity contribution in [3.8, 4) is 0 Å². The molecular formula is C11H20O3. The highest BCUT2D eigenvalue weighted by atomic mass is 16.7. The van der Waals surface area contributed by atoms with Crippen molar-refractivity contribution in [2.75, 3.05) is 13.2 Å². The van der Waals surface area contributed by atoms with Crippen molar-refractivity contribution >= 4 is 6.16 Å². The van der Waals surface area contributed by atoms with Crippen LogP contribution in [0.5, 0.6) is 0 Å². The van der Waals surface area contributed by atoms with E-state index < -0.39 is 6.16 Å². The minimum absolute atomic E-state index is 0.443. The Kier molecular flexibility index (Phi) is 9.38. The van der Waals surface area contributed by atoms with Crippen molar-refractivity contribution in [2.24, 2.45) is 0 Å². The molecule has 0 aromatic carbocycles. The number of hydrogen-bond donors (Lipinski definition) is 0. The molecule has 0 aliphatic rings. The van der Waals surface area contributed by atoms with Gasteiger partial charge in [0.05, 0.1) is 13.2 Å². The van der Waals surface area contributed by atoms with E-state index in [2.05, 4.69) is 6.58 Å². The lowest BCUT2D eigenvalue weighted by Gasteiger charge is -2.04. The number of carbonyl (C=O) groups excluding carboxylic acids is 1. The van der Waals surface area contributed by atoms with Crippen molar-refractivity contribution in [1.82, 2.24) is 0 Å². The van der Waals surface area contributed by atoms with Crippen LogP contribution in [0.3, 0.4) is 0 Å². The lowest BCUT2D eigenvalue weighted by atomic mass is 10.2. The quantitative estimate of drug-likeness (QED) is 0.342. The van der Waals surface area contributed by atoms with Gasteiger partial charge in [0.25, 0.3) is 0 Å². The summed E-state index contributed by atoms with van der Waals surface area (Å²) in [4.78, 5) is 10.9. The van der Waals surface area contributed by atoms with Crippen LogP contribution in [0.15, 0.2) is 12.7 Å². The van der Waals surface area contributed by atoms with Crippen LogP contribution in [-0.4, -0.2) is 19.4 Å². The van der Waals surface area contributed by atoms with E-state index in [0.29, 0.717) is 13.2 Å². The molecule has 0 spiro atoms. The molecule has 0 bridgehead atoms. The van der Waals surface area contributed by atoms with E-state index in [-0.39, 0.29) is 0 Å². The van der Waals surface area contributed by atoms with Crippen LogP contribution in [0, 0.1) is 0 Å². The highest BCUT2D eigenvalue weighted by molar-refractivity contribution is 5.59. The summed E-state index contributed by atoms with van der Waals surface area (Å²) in [5, 5.41) is 0. The first-order chi connectivity index (χ1) is 6.81. The smallest absolute Gasteiger partial charge is 0.434 e. The summed E-state index contributed by atoms with van der Waals surface area (Å²) in [5.74, 6) is 0. The minimum Gasteiger partial charge on any atom is -0.434 e. The molecular weight excluding hydrogens is 180 g/mol. The summed E-state index contributed by atoms with van der Waals surface area (Å²) in [6.45, 7) is 6.56.